The molecular weight excluding hydrogens is 584 g/mol. The molecule has 0 aliphatic carbocycles. The molecule has 43 heavy (non-hydrogen) atoms. The van der Waals surface area contributed by atoms with Gasteiger partial charge >= 0.3 is 0 Å². The third-order valence-electron chi connectivity index (χ3n) is 6.04. The molecule has 4 rings (SSSR count). The summed E-state index contributed by atoms with van der Waals surface area (Å²) in [5, 5.41) is 8.51. The Morgan fingerprint density at radius 3 is 2.37 bits per heavy atom. The van der Waals surface area contributed by atoms with Gasteiger partial charge < -0.3 is 20.7 Å². The fourth-order valence-corrected chi connectivity index (χ4v) is 5.05. The molecule has 1 aromatic heterocycles. The van der Waals surface area contributed by atoms with Crippen LogP contribution in [0.4, 0.5) is 11.5 Å². The van der Waals surface area contributed by atoms with Crippen molar-refractivity contribution in [2.24, 2.45) is 0 Å². The maximum atomic E-state index is 13.5. The molecule has 3 N–H and O–H groups in total. The van der Waals surface area contributed by atoms with Crippen LogP contribution in [0.25, 0.3) is 6.08 Å². The Bertz CT molecular complexity index is 1580. The summed E-state index contributed by atoms with van der Waals surface area (Å²) in [6.07, 6.45) is 3.65. The molecular formula is C33H31ClN4O4S. The average molecular weight is 615 g/mol. The first-order valence-corrected chi connectivity index (χ1v) is 14.9. The number of halogens is 1. The Kier molecular flexibility index (Phi) is 11.4. The summed E-state index contributed by atoms with van der Waals surface area (Å²) >= 11 is 7.26. The lowest BCUT2D eigenvalue weighted by Gasteiger charge is -2.16. The highest BCUT2D eigenvalue weighted by atomic mass is 35.5. The number of pyridine rings is 1. The largest absolute Gasteiger partial charge is 0.494 e. The van der Waals surface area contributed by atoms with E-state index in [4.69, 9.17) is 16.3 Å². The number of carbonyl (C=O) groups is 3. The molecule has 1 unspecified atom stereocenters. The summed E-state index contributed by atoms with van der Waals surface area (Å²) in [4.78, 5) is 44.2. The van der Waals surface area contributed by atoms with E-state index < -0.39 is 17.1 Å². The van der Waals surface area contributed by atoms with Gasteiger partial charge in [0.1, 0.15) is 17.3 Å². The second-order valence-corrected chi connectivity index (χ2v) is 10.9. The molecule has 8 nitrogen and oxygen atoms in total. The van der Waals surface area contributed by atoms with E-state index in [1.165, 1.54) is 18.0 Å². The molecule has 0 radical (unpaired) electrons. The number of ether oxygens (including phenoxy) is 1. The van der Waals surface area contributed by atoms with E-state index in [1.54, 1.807) is 84.9 Å². The van der Waals surface area contributed by atoms with Crippen molar-refractivity contribution in [3.63, 3.8) is 0 Å². The number of amides is 3. The van der Waals surface area contributed by atoms with Crippen LogP contribution in [0, 0.1) is 0 Å². The molecule has 10 heteroatoms. The van der Waals surface area contributed by atoms with Gasteiger partial charge in [-0.2, -0.15) is 0 Å². The van der Waals surface area contributed by atoms with E-state index in [1.807, 2.05) is 26.0 Å². The van der Waals surface area contributed by atoms with Crippen LogP contribution in [0.1, 0.15) is 36.2 Å². The van der Waals surface area contributed by atoms with Gasteiger partial charge in [-0.05, 0) is 79.6 Å². The summed E-state index contributed by atoms with van der Waals surface area (Å²) in [6.45, 7) is 4.36. The predicted molar refractivity (Wildman–Crippen MR) is 172 cm³/mol. The third-order valence-corrected chi connectivity index (χ3v) is 7.62. The second kappa shape index (κ2) is 15.6. The summed E-state index contributed by atoms with van der Waals surface area (Å²) in [6, 6.07) is 26.4. The fourth-order valence-electron chi connectivity index (χ4n) is 3.92. The van der Waals surface area contributed by atoms with Crippen molar-refractivity contribution in [2.75, 3.05) is 17.2 Å². The van der Waals surface area contributed by atoms with Gasteiger partial charge in [-0.25, -0.2) is 4.98 Å². The standard InChI is InChI=1S/C33H31ClN4O4S/c1-3-29(33(41)38-30-18-15-24(34)21-35-30)43-27-12-8-11-25(20-27)36-32(40)28(37-31(39)23-9-6-5-7-10-23)19-22-13-16-26(17-14-22)42-4-2/h5-21,29H,3-4H2,1-2H3,(H,36,40)(H,37,39)(H,35,38,41)/b28-19+. The maximum Gasteiger partial charge on any atom is 0.272 e. The summed E-state index contributed by atoms with van der Waals surface area (Å²) in [5.41, 5.74) is 1.70. The minimum Gasteiger partial charge on any atom is -0.494 e. The van der Waals surface area contributed by atoms with E-state index in [2.05, 4.69) is 20.9 Å². The van der Waals surface area contributed by atoms with Gasteiger partial charge in [-0.15, -0.1) is 11.8 Å². The molecule has 0 aliphatic heterocycles. The highest BCUT2D eigenvalue weighted by Gasteiger charge is 2.20. The monoisotopic (exact) mass is 614 g/mol. The number of aromatic nitrogens is 1. The molecule has 1 atom stereocenters. The van der Waals surface area contributed by atoms with Gasteiger partial charge in [-0.3, -0.25) is 14.4 Å². The van der Waals surface area contributed by atoms with E-state index in [0.717, 1.165) is 4.90 Å². The van der Waals surface area contributed by atoms with Gasteiger partial charge in [0.05, 0.1) is 16.9 Å². The Morgan fingerprint density at radius 1 is 0.930 bits per heavy atom. The number of nitrogens with one attached hydrogen (secondary N) is 3. The van der Waals surface area contributed by atoms with Gasteiger partial charge in [0, 0.05) is 22.3 Å². The van der Waals surface area contributed by atoms with Crippen LogP contribution in [0.5, 0.6) is 5.75 Å². The predicted octanol–water partition coefficient (Wildman–Crippen LogP) is 7.05. The fraction of sp³-hybridized carbons (Fsp3) is 0.152. The van der Waals surface area contributed by atoms with Crippen LogP contribution < -0.4 is 20.7 Å². The molecule has 0 spiro atoms. The third kappa shape index (κ3) is 9.46. The number of benzene rings is 3. The van der Waals surface area contributed by atoms with Crippen LogP contribution in [-0.4, -0.2) is 34.6 Å². The van der Waals surface area contributed by atoms with Crippen LogP contribution in [0.2, 0.25) is 5.02 Å². The number of rotatable bonds is 12. The zero-order valence-corrected chi connectivity index (χ0v) is 25.2. The van der Waals surface area contributed by atoms with E-state index in [0.29, 0.717) is 46.4 Å². The Morgan fingerprint density at radius 2 is 1.70 bits per heavy atom. The van der Waals surface area contributed by atoms with Crippen molar-refractivity contribution in [1.82, 2.24) is 10.3 Å². The second-order valence-electron chi connectivity index (χ2n) is 9.23. The van der Waals surface area contributed by atoms with Crippen LogP contribution in [0.3, 0.4) is 0 Å². The Hall–Kier alpha value is -4.60. The summed E-state index contributed by atoms with van der Waals surface area (Å²) < 4.78 is 5.51. The van der Waals surface area contributed by atoms with Crippen LogP contribution in [0.15, 0.2) is 108 Å². The maximum absolute atomic E-state index is 13.5. The van der Waals surface area contributed by atoms with Crippen LogP contribution >= 0.6 is 23.4 Å². The number of hydrogen-bond donors (Lipinski definition) is 3. The van der Waals surface area contributed by atoms with Crippen molar-refractivity contribution in [1.29, 1.82) is 0 Å². The molecule has 0 bridgehead atoms. The number of carbonyl (C=O) groups excluding carboxylic acids is 3. The topological polar surface area (TPSA) is 109 Å². The minimum atomic E-state index is -0.501. The quantitative estimate of drug-likeness (QED) is 0.116. The molecule has 3 amide bonds. The average Bonchev–Trinajstić information content (AvgIpc) is 3.02. The van der Waals surface area contributed by atoms with E-state index in [9.17, 15) is 14.4 Å². The normalized spacial score (nSPS) is 11.7. The molecule has 0 saturated heterocycles. The van der Waals surface area contributed by atoms with Crippen molar-refractivity contribution >= 4 is 58.7 Å². The smallest absolute Gasteiger partial charge is 0.272 e. The summed E-state index contributed by atoms with van der Waals surface area (Å²) in [5.74, 6) is 0.0136. The van der Waals surface area contributed by atoms with Crippen molar-refractivity contribution in [2.45, 2.75) is 30.4 Å². The SMILES string of the molecule is CCOc1ccc(/C=C(/NC(=O)c2ccccc2)C(=O)Nc2cccc(SC(CC)C(=O)Nc3ccc(Cl)cn3)c2)cc1. The van der Waals surface area contributed by atoms with Crippen molar-refractivity contribution in [3.05, 3.63) is 119 Å². The lowest BCUT2D eigenvalue weighted by atomic mass is 10.1. The highest BCUT2D eigenvalue weighted by molar-refractivity contribution is 8.00. The Labute approximate surface area is 259 Å². The molecule has 4 aromatic rings. The first-order valence-electron chi connectivity index (χ1n) is 13.7. The van der Waals surface area contributed by atoms with Crippen LogP contribution in [-0.2, 0) is 9.59 Å². The molecule has 0 aliphatic rings. The number of nitrogens with zero attached hydrogens (tertiary/aromatic N) is 1. The van der Waals surface area contributed by atoms with E-state index >= 15 is 0 Å². The molecule has 220 valence electrons. The zero-order chi connectivity index (χ0) is 30.6. The number of anilines is 2. The molecule has 1 heterocycles. The van der Waals surface area contributed by atoms with Gasteiger partial charge in [0.25, 0.3) is 11.8 Å². The van der Waals surface area contributed by atoms with Gasteiger partial charge in [-0.1, -0.05) is 54.9 Å². The lowest BCUT2D eigenvalue weighted by molar-refractivity contribution is -0.116. The molecule has 0 fully saturated rings. The van der Waals surface area contributed by atoms with Crippen molar-refractivity contribution < 1.29 is 19.1 Å². The lowest BCUT2D eigenvalue weighted by Crippen LogP contribution is -2.30. The summed E-state index contributed by atoms with van der Waals surface area (Å²) in [7, 11) is 0. The van der Waals surface area contributed by atoms with E-state index in [-0.39, 0.29) is 11.6 Å². The molecule has 0 saturated carbocycles. The highest BCUT2D eigenvalue weighted by Crippen LogP contribution is 2.29. The first-order chi connectivity index (χ1) is 20.8. The minimum absolute atomic E-state index is 0.0670. The first kappa shape index (κ1) is 31.3. The van der Waals surface area contributed by atoms with Gasteiger partial charge in [0.15, 0.2) is 0 Å². The number of hydrogen-bond acceptors (Lipinski definition) is 6. The van der Waals surface area contributed by atoms with Crippen molar-refractivity contribution in [3.8, 4) is 5.75 Å². The zero-order valence-electron chi connectivity index (χ0n) is 23.7. The number of thioether (sulfide) groups is 1. The molecule has 3 aromatic carbocycles. The van der Waals surface area contributed by atoms with Gasteiger partial charge in [0.2, 0.25) is 5.91 Å². The Balaban J connectivity index is 1.50.